The molecule has 0 saturated carbocycles. The molecule has 3 nitrogen and oxygen atoms in total. The van der Waals surface area contributed by atoms with E-state index in [1.165, 1.54) is 0 Å². The molecule has 1 N–H and O–H groups in total. The molecule has 0 radical (unpaired) electrons. The maximum Gasteiger partial charge on any atom is 0.453 e. The van der Waals surface area contributed by atoms with E-state index in [0.29, 0.717) is 0 Å². The topological polar surface area (TPSA) is 38.0 Å². The molecule has 0 aliphatic carbocycles. The molecule has 1 aromatic carbocycles. The van der Waals surface area contributed by atoms with Crippen molar-refractivity contribution >= 4 is 34.2 Å². The van der Waals surface area contributed by atoms with E-state index in [0.717, 1.165) is 12.1 Å². The van der Waals surface area contributed by atoms with Gasteiger partial charge in [-0.1, -0.05) is 23.2 Å². The lowest BCUT2D eigenvalue weighted by molar-refractivity contribution is -0.153. The Bertz CT molecular complexity index is 564. The van der Waals surface area contributed by atoms with E-state index >= 15 is 0 Å². The molecule has 1 heterocycles. The number of hydrogen-bond acceptors (Lipinski definition) is 2. The van der Waals surface area contributed by atoms with Gasteiger partial charge in [-0.05, 0) is 12.1 Å². The fourth-order valence-electron chi connectivity index (χ4n) is 1.24. The van der Waals surface area contributed by atoms with Crippen LogP contribution in [0.1, 0.15) is 5.82 Å². The predicted octanol–water partition coefficient (Wildman–Crippen LogP) is 3.60. The molecule has 1 aromatic heterocycles. The third-order valence-electron chi connectivity index (χ3n) is 1.93. The number of hydrogen-bond donors (Lipinski definition) is 1. The summed E-state index contributed by atoms with van der Waals surface area (Å²) >= 11 is 11.2. The zero-order valence-electron chi connectivity index (χ0n) is 7.39. The zero-order valence-corrected chi connectivity index (χ0v) is 8.90. The molecule has 0 fully saturated rings. The Kier molecular flexibility index (Phi) is 2.43. The molecule has 0 bridgehead atoms. The summed E-state index contributed by atoms with van der Waals surface area (Å²) < 4.78 is 37.1. The van der Waals surface area contributed by atoms with E-state index in [1.807, 2.05) is 0 Å². The van der Waals surface area contributed by atoms with Gasteiger partial charge in [0.25, 0.3) is 5.82 Å². The van der Waals surface area contributed by atoms with Crippen LogP contribution in [-0.4, -0.2) is 14.9 Å². The summed E-state index contributed by atoms with van der Waals surface area (Å²) in [6, 6.07) is 2.27. The van der Waals surface area contributed by atoms with Gasteiger partial charge in [0, 0.05) is 0 Å². The quantitative estimate of drug-likeness (QED) is 0.743. The van der Waals surface area contributed by atoms with Crippen LogP contribution in [0.25, 0.3) is 11.0 Å². The first-order chi connectivity index (χ1) is 7.30. The number of alkyl halides is 3. The lowest BCUT2D eigenvalue weighted by atomic mass is 10.3. The standard InChI is InChI=1S/C8H3Cl2F3N2O/c9-3-1-5-6(2-4(3)10)15(16)7(14-5)8(11,12)13/h1-2,16H. The number of benzene rings is 1. The van der Waals surface area contributed by atoms with Gasteiger partial charge in [0.2, 0.25) is 0 Å². The van der Waals surface area contributed by atoms with Crippen molar-refractivity contribution in [2.45, 2.75) is 6.18 Å². The SMILES string of the molecule is On1c(C(F)(F)F)nc2cc(Cl)c(Cl)cc21. The highest BCUT2D eigenvalue weighted by atomic mass is 35.5. The summed E-state index contributed by atoms with van der Waals surface area (Å²) in [5, 5.41) is 9.38. The number of nitrogens with zero attached hydrogens (tertiary/aromatic N) is 2. The highest BCUT2D eigenvalue weighted by Crippen LogP contribution is 2.33. The zero-order chi connectivity index (χ0) is 12.1. The third kappa shape index (κ3) is 1.68. The fourth-order valence-corrected chi connectivity index (χ4v) is 1.56. The average molecular weight is 271 g/mol. The molecule has 2 aromatic rings. The molecule has 0 saturated heterocycles. The van der Waals surface area contributed by atoms with Crippen molar-refractivity contribution in [3.8, 4) is 0 Å². The fraction of sp³-hybridized carbons (Fsp3) is 0.125. The van der Waals surface area contributed by atoms with Gasteiger partial charge in [0.15, 0.2) is 0 Å². The maximum atomic E-state index is 12.4. The molecular formula is C8H3Cl2F3N2O. The first-order valence-electron chi connectivity index (χ1n) is 3.94. The number of fused-ring (bicyclic) bond motifs is 1. The van der Waals surface area contributed by atoms with Gasteiger partial charge in [0.05, 0.1) is 15.6 Å². The molecule has 16 heavy (non-hydrogen) atoms. The summed E-state index contributed by atoms with van der Waals surface area (Å²) in [7, 11) is 0. The smallest absolute Gasteiger partial charge is 0.426 e. The van der Waals surface area contributed by atoms with Crippen LogP contribution in [0.4, 0.5) is 13.2 Å². The van der Waals surface area contributed by atoms with Crippen LogP contribution in [0.15, 0.2) is 12.1 Å². The van der Waals surface area contributed by atoms with Gasteiger partial charge in [-0.3, -0.25) is 0 Å². The Labute approximate surface area is 97.0 Å². The molecule has 0 unspecified atom stereocenters. The van der Waals surface area contributed by atoms with E-state index in [1.54, 1.807) is 0 Å². The van der Waals surface area contributed by atoms with Crippen molar-refractivity contribution in [1.82, 2.24) is 9.71 Å². The molecule has 8 heteroatoms. The van der Waals surface area contributed by atoms with Crippen LogP contribution in [0, 0.1) is 0 Å². The molecule has 0 spiro atoms. The number of halogens is 5. The molecule has 0 amide bonds. The van der Waals surface area contributed by atoms with Crippen LogP contribution in [0.2, 0.25) is 10.0 Å². The van der Waals surface area contributed by atoms with Crippen LogP contribution < -0.4 is 0 Å². The summed E-state index contributed by atoms with van der Waals surface area (Å²) in [6.07, 6.45) is -4.74. The molecule has 86 valence electrons. The van der Waals surface area contributed by atoms with Crippen LogP contribution in [0.5, 0.6) is 0 Å². The van der Waals surface area contributed by atoms with Crippen LogP contribution in [-0.2, 0) is 6.18 Å². The van der Waals surface area contributed by atoms with Crippen molar-refractivity contribution in [3.05, 3.63) is 28.0 Å². The minimum atomic E-state index is -4.74. The second kappa shape index (κ2) is 3.43. The Morgan fingerprint density at radius 1 is 1.19 bits per heavy atom. The summed E-state index contributed by atoms with van der Waals surface area (Å²) in [6.45, 7) is 0. The number of imidazole rings is 1. The van der Waals surface area contributed by atoms with E-state index < -0.39 is 12.0 Å². The first-order valence-corrected chi connectivity index (χ1v) is 4.70. The number of aromatic nitrogens is 2. The monoisotopic (exact) mass is 270 g/mol. The molecule has 2 rings (SSSR count). The summed E-state index contributed by atoms with van der Waals surface area (Å²) in [5.41, 5.74) is -0.231. The van der Waals surface area contributed by atoms with Crippen molar-refractivity contribution in [3.63, 3.8) is 0 Å². The molecule has 0 aliphatic rings. The predicted molar refractivity (Wildman–Crippen MR) is 51.9 cm³/mol. The summed E-state index contributed by atoms with van der Waals surface area (Å²) in [4.78, 5) is 3.23. The molecule has 0 atom stereocenters. The van der Waals surface area contributed by atoms with Crippen molar-refractivity contribution in [2.24, 2.45) is 0 Å². The minimum Gasteiger partial charge on any atom is -0.426 e. The Morgan fingerprint density at radius 3 is 2.31 bits per heavy atom. The van der Waals surface area contributed by atoms with Gasteiger partial charge in [-0.15, -0.1) is 0 Å². The van der Waals surface area contributed by atoms with E-state index in [4.69, 9.17) is 23.2 Å². The van der Waals surface area contributed by atoms with Crippen molar-refractivity contribution < 1.29 is 18.4 Å². The number of rotatable bonds is 0. The minimum absolute atomic E-state index is 0.0399. The van der Waals surface area contributed by atoms with Gasteiger partial charge in [-0.2, -0.15) is 17.9 Å². The lowest BCUT2D eigenvalue weighted by Crippen LogP contribution is -2.12. The Morgan fingerprint density at radius 2 is 1.75 bits per heavy atom. The van der Waals surface area contributed by atoms with E-state index in [9.17, 15) is 18.4 Å². The third-order valence-corrected chi connectivity index (χ3v) is 2.65. The van der Waals surface area contributed by atoms with Crippen molar-refractivity contribution in [1.29, 1.82) is 0 Å². The highest BCUT2D eigenvalue weighted by molar-refractivity contribution is 6.42. The van der Waals surface area contributed by atoms with E-state index in [2.05, 4.69) is 4.98 Å². The Hall–Kier alpha value is -1.14. The van der Waals surface area contributed by atoms with Crippen LogP contribution in [0.3, 0.4) is 0 Å². The van der Waals surface area contributed by atoms with Gasteiger partial charge in [-0.25, -0.2) is 4.98 Å². The summed E-state index contributed by atoms with van der Waals surface area (Å²) in [5.74, 6) is -1.42. The molecule has 0 aliphatic heterocycles. The lowest BCUT2D eigenvalue weighted by Gasteiger charge is -2.03. The average Bonchev–Trinajstić information content (AvgIpc) is 2.45. The second-order valence-electron chi connectivity index (χ2n) is 3.00. The largest absolute Gasteiger partial charge is 0.453 e. The van der Waals surface area contributed by atoms with Crippen molar-refractivity contribution in [2.75, 3.05) is 0 Å². The Balaban J connectivity index is 2.79. The normalized spacial score (nSPS) is 12.3. The maximum absolute atomic E-state index is 12.4. The van der Waals surface area contributed by atoms with E-state index in [-0.39, 0.29) is 25.8 Å². The van der Waals surface area contributed by atoms with Crippen LogP contribution >= 0.6 is 23.2 Å². The van der Waals surface area contributed by atoms with Gasteiger partial charge < -0.3 is 5.21 Å². The van der Waals surface area contributed by atoms with Gasteiger partial charge >= 0.3 is 6.18 Å². The second-order valence-corrected chi connectivity index (χ2v) is 3.81. The first kappa shape index (κ1) is 11.3. The van der Waals surface area contributed by atoms with Gasteiger partial charge in [0.1, 0.15) is 5.52 Å². The highest BCUT2D eigenvalue weighted by Gasteiger charge is 2.38. The molecular weight excluding hydrogens is 268 g/mol.